The number of nitrogens with zero attached hydrogens (tertiary/aromatic N) is 1. The molecule has 1 N–H and O–H groups in total. The van der Waals surface area contributed by atoms with Gasteiger partial charge in [-0.1, -0.05) is 6.92 Å². The first-order valence-electron chi connectivity index (χ1n) is 8.20. The highest BCUT2D eigenvalue weighted by Gasteiger charge is 2.39. The topological polar surface area (TPSA) is 24.5 Å². The molecule has 2 aliphatic rings. The van der Waals surface area contributed by atoms with Gasteiger partial charge in [-0.05, 0) is 71.5 Å². The summed E-state index contributed by atoms with van der Waals surface area (Å²) in [6.07, 6.45) is 7.80. The molecular weight excluding hydrogens is 236 g/mol. The maximum Gasteiger partial charge on any atom is 0.0468 e. The van der Waals surface area contributed by atoms with Gasteiger partial charge in [0.2, 0.25) is 0 Å². The van der Waals surface area contributed by atoms with Gasteiger partial charge in [0.1, 0.15) is 0 Å². The number of ether oxygens (including phenoxy) is 1. The van der Waals surface area contributed by atoms with Crippen LogP contribution in [-0.2, 0) is 4.74 Å². The summed E-state index contributed by atoms with van der Waals surface area (Å²) >= 11 is 0. The van der Waals surface area contributed by atoms with Crippen molar-refractivity contribution in [2.24, 2.45) is 5.92 Å². The Balaban J connectivity index is 1.99. The fourth-order valence-electron chi connectivity index (χ4n) is 3.92. The third-order valence-electron chi connectivity index (χ3n) is 5.55. The lowest BCUT2D eigenvalue weighted by atomic mass is 9.80. The van der Waals surface area contributed by atoms with Crippen LogP contribution in [0.5, 0.6) is 0 Å². The van der Waals surface area contributed by atoms with E-state index >= 15 is 0 Å². The highest BCUT2D eigenvalue weighted by atomic mass is 16.5. The molecule has 0 radical (unpaired) electrons. The van der Waals surface area contributed by atoms with Crippen LogP contribution in [0.15, 0.2) is 0 Å². The lowest BCUT2D eigenvalue weighted by molar-refractivity contribution is 0.0373. The Morgan fingerprint density at radius 3 is 2.42 bits per heavy atom. The lowest BCUT2D eigenvalue weighted by Gasteiger charge is -2.46. The molecule has 0 amide bonds. The van der Waals surface area contributed by atoms with Crippen molar-refractivity contribution in [2.75, 3.05) is 33.4 Å². The molecule has 3 nitrogen and oxygen atoms in total. The molecule has 0 aromatic carbocycles. The molecule has 2 atom stereocenters. The standard InChI is InChI=1S/C16H32N2O/c1-4-16(2,18-9-5-6-10-18)15(17-3)13-14-7-11-19-12-8-14/h14-15,17H,4-13H2,1-3H3. The van der Waals surface area contributed by atoms with Gasteiger partial charge < -0.3 is 10.1 Å². The van der Waals surface area contributed by atoms with Crippen molar-refractivity contribution >= 4 is 0 Å². The van der Waals surface area contributed by atoms with E-state index in [1.54, 1.807) is 0 Å². The normalized spacial score (nSPS) is 27.3. The van der Waals surface area contributed by atoms with Crippen LogP contribution in [-0.4, -0.2) is 49.8 Å². The van der Waals surface area contributed by atoms with E-state index in [0.29, 0.717) is 11.6 Å². The zero-order chi connectivity index (χ0) is 13.7. The number of likely N-dealkylation sites (N-methyl/N-ethyl adjacent to an activating group) is 1. The van der Waals surface area contributed by atoms with Crippen molar-refractivity contribution in [2.45, 2.75) is 64.0 Å². The molecule has 2 aliphatic heterocycles. The van der Waals surface area contributed by atoms with Gasteiger partial charge in [0.25, 0.3) is 0 Å². The van der Waals surface area contributed by atoms with Gasteiger partial charge in [-0.25, -0.2) is 0 Å². The van der Waals surface area contributed by atoms with Gasteiger partial charge in [-0.15, -0.1) is 0 Å². The molecule has 0 saturated carbocycles. The lowest BCUT2D eigenvalue weighted by Crippen LogP contribution is -2.58. The van der Waals surface area contributed by atoms with Crippen LogP contribution in [0.4, 0.5) is 0 Å². The van der Waals surface area contributed by atoms with Crippen molar-refractivity contribution in [3.8, 4) is 0 Å². The van der Waals surface area contributed by atoms with Crippen LogP contribution in [0, 0.1) is 5.92 Å². The highest BCUT2D eigenvalue weighted by Crippen LogP contribution is 2.32. The molecule has 2 unspecified atom stereocenters. The molecular formula is C16H32N2O. The van der Waals surface area contributed by atoms with Crippen molar-refractivity contribution in [3.63, 3.8) is 0 Å². The fraction of sp³-hybridized carbons (Fsp3) is 1.00. The average molecular weight is 268 g/mol. The number of nitrogens with one attached hydrogen (secondary N) is 1. The van der Waals surface area contributed by atoms with Crippen molar-refractivity contribution in [3.05, 3.63) is 0 Å². The summed E-state index contributed by atoms with van der Waals surface area (Å²) in [5, 5.41) is 3.64. The van der Waals surface area contributed by atoms with E-state index < -0.39 is 0 Å². The van der Waals surface area contributed by atoms with E-state index in [4.69, 9.17) is 4.74 Å². The number of likely N-dealkylation sites (tertiary alicyclic amines) is 1. The minimum Gasteiger partial charge on any atom is -0.381 e. The van der Waals surface area contributed by atoms with Crippen LogP contribution in [0.25, 0.3) is 0 Å². The zero-order valence-electron chi connectivity index (χ0n) is 13.1. The number of rotatable bonds is 6. The Kier molecular flexibility index (Phi) is 5.67. The van der Waals surface area contributed by atoms with Crippen molar-refractivity contribution in [1.29, 1.82) is 0 Å². The van der Waals surface area contributed by atoms with Gasteiger partial charge >= 0.3 is 0 Å². The van der Waals surface area contributed by atoms with Crippen LogP contribution in [0.2, 0.25) is 0 Å². The average Bonchev–Trinajstić information content (AvgIpc) is 3.00. The largest absolute Gasteiger partial charge is 0.381 e. The second-order valence-corrected chi connectivity index (χ2v) is 6.54. The third kappa shape index (κ3) is 3.50. The Labute approximate surface area is 119 Å². The molecule has 2 heterocycles. The molecule has 0 bridgehead atoms. The first-order valence-corrected chi connectivity index (χ1v) is 8.20. The molecule has 2 rings (SSSR count). The SMILES string of the molecule is CCC(C)(C(CC1CCOCC1)NC)N1CCCC1. The van der Waals surface area contributed by atoms with Gasteiger partial charge in [-0.2, -0.15) is 0 Å². The predicted molar refractivity (Wildman–Crippen MR) is 80.5 cm³/mol. The van der Waals surface area contributed by atoms with E-state index in [-0.39, 0.29) is 0 Å². The van der Waals surface area contributed by atoms with Crippen molar-refractivity contribution in [1.82, 2.24) is 10.2 Å². The Morgan fingerprint density at radius 1 is 1.26 bits per heavy atom. The van der Waals surface area contributed by atoms with E-state index in [2.05, 4.69) is 31.1 Å². The van der Waals surface area contributed by atoms with Gasteiger partial charge in [0, 0.05) is 24.8 Å². The molecule has 2 saturated heterocycles. The van der Waals surface area contributed by atoms with Crippen LogP contribution < -0.4 is 5.32 Å². The minimum atomic E-state index is 0.323. The molecule has 0 spiro atoms. The second kappa shape index (κ2) is 7.05. The molecule has 3 heteroatoms. The Morgan fingerprint density at radius 2 is 1.89 bits per heavy atom. The van der Waals surface area contributed by atoms with E-state index in [9.17, 15) is 0 Å². The van der Waals surface area contributed by atoms with Gasteiger partial charge in [0.05, 0.1) is 0 Å². The summed E-state index contributed by atoms with van der Waals surface area (Å²) in [6, 6.07) is 0.610. The predicted octanol–water partition coefficient (Wildman–Crippen LogP) is 2.66. The summed E-state index contributed by atoms with van der Waals surface area (Å²) in [4.78, 5) is 2.73. The number of hydrogen-bond donors (Lipinski definition) is 1. The first kappa shape index (κ1) is 15.3. The van der Waals surface area contributed by atoms with Gasteiger partial charge in [0.15, 0.2) is 0 Å². The number of hydrogen-bond acceptors (Lipinski definition) is 3. The summed E-state index contributed by atoms with van der Waals surface area (Å²) in [7, 11) is 2.15. The molecule has 112 valence electrons. The van der Waals surface area contributed by atoms with E-state index in [1.165, 1.54) is 51.6 Å². The summed E-state index contributed by atoms with van der Waals surface area (Å²) in [6.45, 7) is 9.33. The van der Waals surface area contributed by atoms with Crippen LogP contribution >= 0.6 is 0 Å². The third-order valence-corrected chi connectivity index (χ3v) is 5.55. The molecule has 0 aliphatic carbocycles. The van der Waals surface area contributed by atoms with E-state index in [0.717, 1.165) is 19.1 Å². The quantitative estimate of drug-likeness (QED) is 0.801. The van der Waals surface area contributed by atoms with Crippen LogP contribution in [0.1, 0.15) is 52.4 Å². The Bertz CT molecular complexity index is 259. The second-order valence-electron chi connectivity index (χ2n) is 6.54. The zero-order valence-corrected chi connectivity index (χ0v) is 13.1. The highest BCUT2D eigenvalue weighted by molar-refractivity contribution is 4.98. The summed E-state index contributed by atoms with van der Waals surface area (Å²) in [5.41, 5.74) is 0.323. The minimum absolute atomic E-state index is 0.323. The maximum atomic E-state index is 5.50. The van der Waals surface area contributed by atoms with E-state index in [1.807, 2.05) is 0 Å². The summed E-state index contributed by atoms with van der Waals surface area (Å²) in [5.74, 6) is 0.847. The molecule has 0 aromatic rings. The molecule has 2 fully saturated rings. The smallest absolute Gasteiger partial charge is 0.0468 e. The van der Waals surface area contributed by atoms with Crippen LogP contribution in [0.3, 0.4) is 0 Å². The maximum absolute atomic E-state index is 5.50. The van der Waals surface area contributed by atoms with Gasteiger partial charge in [-0.3, -0.25) is 4.90 Å². The fourth-order valence-corrected chi connectivity index (χ4v) is 3.92. The molecule has 19 heavy (non-hydrogen) atoms. The Hall–Kier alpha value is -0.120. The van der Waals surface area contributed by atoms with Crippen molar-refractivity contribution < 1.29 is 4.74 Å². The monoisotopic (exact) mass is 268 g/mol. The molecule has 0 aromatic heterocycles. The summed E-state index contributed by atoms with van der Waals surface area (Å²) < 4.78 is 5.50. The first-order chi connectivity index (χ1) is 9.20.